The van der Waals surface area contributed by atoms with Crippen molar-refractivity contribution in [3.8, 4) is 21.7 Å². The number of aryl methyl sites for hydroxylation is 2. The van der Waals surface area contributed by atoms with Crippen LogP contribution in [-0.2, 0) is 0 Å². The van der Waals surface area contributed by atoms with Gasteiger partial charge in [0.1, 0.15) is 5.69 Å². The van der Waals surface area contributed by atoms with E-state index >= 15 is 0 Å². The highest BCUT2D eigenvalue weighted by Crippen LogP contribution is 2.40. The Labute approximate surface area is 129 Å². The van der Waals surface area contributed by atoms with Gasteiger partial charge in [-0.3, -0.25) is 0 Å². The van der Waals surface area contributed by atoms with Crippen LogP contribution in [0.3, 0.4) is 0 Å². The lowest BCUT2D eigenvalue weighted by atomic mass is 10.0. The zero-order valence-electron chi connectivity index (χ0n) is 11.1. The minimum atomic E-state index is 0.353. The highest BCUT2D eigenvalue weighted by Gasteiger charge is 2.19. The summed E-state index contributed by atoms with van der Waals surface area (Å²) in [5.41, 5.74) is 9.89. The molecule has 3 nitrogen and oxygen atoms in total. The second kappa shape index (κ2) is 5.07. The molecule has 5 heteroatoms. The first kappa shape index (κ1) is 13.4. The molecule has 0 saturated heterocycles. The van der Waals surface area contributed by atoms with E-state index in [1.165, 1.54) is 10.4 Å². The van der Waals surface area contributed by atoms with Gasteiger partial charge in [0.2, 0.25) is 5.88 Å². The molecule has 0 aliphatic heterocycles. The third kappa shape index (κ3) is 2.27. The van der Waals surface area contributed by atoms with Gasteiger partial charge < -0.3 is 10.3 Å². The van der Waals surface area contributed by atoms with Crippen LogP contribution in [0.5, 0.6) is 0 Å². The Morgan fingerprint density at radius 1 is 1.20 bits per heavy atom. The Hall–Kier alpha value is -1.59. The maximum Gasteiger partial charge on any atom is 0.230 e. The minimum absolute atomic E-state index is 0.353. The third-order valence-electron chi connectivity index (χ3n) is 3.25. The second-order valence-electron chi connectivity index (χ2n) is 4.63. The van der Waals surface area contributed by atoms with Gasteiger partial charge in [-0.25, -0.2) is 0 Å². The van der Waals surface area contributed by atoms with Crippen molar-refractivity contribution in [1.82, 2.24) is 5.16 Å². The van der Waals surface area contributed by atoms with Gasteiger partial charge in [-0.2, -0.15) is 0 Å². The Morgan fingerprint density at radius 2 is 1.90 bits per heavy atom. The van der Waals surface area contributed by atoms with Gasteiger partial charge >= 0.3 is 0 Å². The first-order valence-electron chi connectivity index (χ1n) is 6.14. The lowest BCUT2D eigenvalue weighted by Crippen LogP contribution is -1.86. The normalized spacial score (nSPS) is 10.9. The molecule has 0 unspecified atom stereocenters. The molecule has 3 aromatic rings. The van der Waals surface area contributed by atoms with Gasteiger partial charge in [0.05, 0.1) is 10.4 Å². The average Bonchev–Trinajstić information content (AvgIpc) is 2.95. The van der Waals surface area contributed by atoms with Crippen molar-refractivity contribution in [3.05, 3.63) is 45.2 Å². The summed E-state index contributed by atoms with van der Waals surface area (Å²) in [5, 5.41) is 4.14. The van der Waals surface area contributed by atoms with E-state index in [2.05, 4.69) is 41.0 Å². The van der Waals surface area contributed by atoms with E-state index in [0.717, 1.165) is 26.2 Å². The summed E-state index contributed by atoms with van der Waals surface area (Å²) in [6, 6.07) is 10.1. The molecule has 0 bridgehead atoms. The van der Waals surface area contributed by atoms with Crippen molar-refractivity contribution < 1.29 is 4.52 Å². The van der Waals surface area contributed by atoms with Crippen LogP contribution in [0.15, 0.2) is 39.3 Å². The van der Waals surface area contributed by atoms with Gasteiger partial charge in [0.15, 0.2) is 0 Å². The molecule has 20 heavy (non-hydrogen) atoms. The predicted molar refractivity (Wildman–Crippen MR) is 86.8 cm³/mol. The van der Waals surface area contributed by atoms with Gasteiger partial charge in [-0.1, -0.05) is 33.2 Å². The molecular formula is C15H13BrN2OS. The average molecular weight is 349 g/mol. The van der Waals surface area contributed by atoms with E-state index in [9.17, 15) is 0 Å². The number of hydrogen-bond donors (Lipinski definition) is 1. The fourth-order valence-corrected chi connectivity index (χ4v) is 3.34. The Morgan fingerprint density at radius 3 is 2.50 bits per heavy atom. The molecule has 2 heterocycles. The summed E-state index contributed by atoms with van der Waals surface area (Å²) >= 11 is 5.14. The second-order valence-corrected chi connectivity index (χ2v) is 6.80. The molecule has 0 aliphatic carbocycles. The first-order chi connectivity index (χ1) is 9.56. The molecule has 0 amide bonds. The summed E-state index contributed by atoms with van der Waals surface area (Å²) in [7, 11) is 0. The first-order valence-corrected chi connectivity index (χ1v) is 7.75. The molecule has 3 rings (SSSR count). The van der Waals surface area contributed by atoms with E-state index in [4.69, 9.17) is 10.3 Å². The Bertz CT molecular complexity index is 739. The summed E-state index contributed by atoms with van der Waals surface area (Å²) in [6.07, 6.45) is 0. The quantitative estimate of drug-likeness (QED) is 0.706. The molecule has 0 atom stereocenters. The van der Waals surface area contributed by atoms with E-state index in [-0.39, 0.29) is 0 Å². The van der Waals surface area contributed by atoms with Crippen LogP contribution < -0.4 is 5.73 Å². The number of nitrogens with zero attached hydrogens (tertiary/aromatic N) is 1. The van der Waals surface area contributed by atoms with Crippen molar-refractivity contribution in [2.75, 3.05) is 5.73 Å². The molecule has 0 fully saturated rings. The molecular weight excluding hydrogens is 336 g/mol. The van der Waals surface area contributed by atoms with E-state index in [1.807, 2.05) is 24.3 Å². The van der Waals surface area contributed by atoms with Gasteiger partial charge in [-0.05, 0) is 43.2 Å². The number of hydrogen-bond acceptors (Lipinski definition) is 4. The standard InChI is InChI=1S/C15H13BrN2OS/c1-8-7-12(20-9(8)2)14-13(15(17)19-18-14)10-3-5-11(16)6-4-10/h3-7H,17H2,1-2H3. The van der Waals surface area contributed by atoms with Crippen LogP contribution in [-0.4, -0.2) is 5.16 Å². The van der Waals surface area contributed by atoms with Crippen molar-refractivity contribution in [3.63, 3.8) is 0 Å². The topological polar surface area (TPSA) is 52.0 Å². The van der Waals surface area contributed by atoms with E-state index in [0.29, 0.717) is 5.88 Å². The van der Waals surface area contributed by atoms with Crippen molar-refractivity contribution >= 4 is 33.2 Å². The summed E-state index contributed by atoms with van der Waals surface area (Å²) in [5.74, 6) is 0.353. The number of nitrogen functional groups attached to an aromatic ring is 1. The summed E-state index contributed by atoms with van der Waals surface area (Å²) < 4.78 is 6.23. The number of anilines is 1. The van der Waals surface area contributed by atoms with E-state index in [1.54, 1.807) is 11.3 Å². The number of benzene rings is 1. The molecule has 0 saturated carbocycles. The van der Waals surface area contributed by atoms with Gasteiger partial charge in [0.25, 0.3) is 0 Å². The largest absolute Gasteiger partial charge is 0.367 e. The fourth-order valence-electron chi connectivity index (χ4n) is 2.06. The summed E-state index contributed by atoms with van der Waals surface area (Å²) in [4.78, 5) is 2.36. The summed E-state index contributed by atoms with van der Waals surface area (Å²) in [6.45, 7) is 4.20. The maximum atomic E-state index is 5.96. The number of rotatable bonds is 2. The zero-order valence-corrected chi connectivity index (χ0v) is 13.5. The van der Waals surface area contributed by atoms with Crippen LogP contribution in [0.2, 0.25) is 0 Å². The highest BCUT2D eigenvalue weighted by molar-refractivity contribution is 9.10. The number of thiophene rings is 1. The van der Waals surface area contributed by atoms with E-state index < -0.39 is 0 Å². The Kier molecular flexibility index (Phi) is 3.40. The number of nitrogens with two attached hydrogens (primary N) is 1. The zero-order chi connectivity index (χ0) is 14.3. The van der Waals surface area contributed by atoms with Crippen molar-refractivity contribution in [2.24, 2.45) is 0 Å². The number of aromatic nitrogens is 1. The SMILES string of the molecule is Cc1cc(-c2noc(N)c2-c2ccc(Br)cc2)sc1C. The molecule has 0 radical (unpaired) electrons. The van der Waals surface area contributed by atoms with Crippen LogP contribution in [0.4, 0.5) is 5.88 Å². The van der Waals surface area contributed by atoms with Gasteiger partial charge in [0, 0.05) is 9.35 Å². The Balaban J connectivity index is 2.16. The van der Waals surface area contributed by atoms with Crippen LogP contribution in [0, 0.1) is 13.8 Å². The predicted octanol–water partition coefficient (Wildman–Crippen LogP) is 5.03. The van der Waals surface area contributed by atoms with Crippen molar-refractivity contribution in [1.29, 1.82) is 0 Å². The molecule has 0 spiro atoms. The molecule has 0 aliphatic rings. The van der Waals surface area contributed by atoms with Crippen LogP contribution >= 0.6 is 27.3 Å². The maximum absolute atomic E-state index is 5.96. The molecule has 1 aromatic carbocycles. The monoisotopic (exact) mass is 348 g/mol. The molecule has 2 N–H and O–H groups in total. The van der Waals surface area contributed by atoms with Gasteiger partial charge in [-0.15, -0.1) is 11.3 Å². The van der Waals surface area contributed by atoms with Crippen LogP contribution in [0.25, 0.3) is 21.7 Å². The number of halogens is 1. The third-order valence-corrected chi connectivity index (χ3v) is 4.94. The fraction of sp³-hybridized carbons (Fsp3) is 0.133. The molecule has 102 valence electrons. The lowest BCUT2D eigenvalue weighted by molar-refractivity contribution is 0.439. The lowest BCUT2D eigenvalue weighted by Gasteiger charge is -2.01. The van der Waals surface area contributed by atoms with Crippen LogP contribution in [0.1, 0.15) is 10.4 Å². The van der Waals surface area contributed by atoms with Crippen molar-refractivity contribution in [2.45, 2.75) is 13.8 Å². The highest BCUT2D eigenvalue weighted by atomic mass is 79.9. The minimum Gasteiger partial charge on any atom is -0.367 e. The smallest absolute Gasteiger partial charge is 0.230 e. The molecule has 2 aromatic heterocycles.